The van der Waals surface area contributed by atoms with Gasteiger partial charge in [0, 0.05) is 0 Å². The Bertz CT molecular complexity index is 79.2. The molecule has 0 aromatic rings. The molecule has 0 radical (unpaired) electrons. The number of rotatable bonds is 11. The van der Waals surface area contributed by atoms with Crippen LogP contribution in [0.25, 0.3) is 0 Å². The maximum atomic E-state index is 2.35. The second-order valence-electron chi connectivity index (χ2n) is 4.17. The van der Waals surface area contributed by atoms with Gasteiger partial charge in [-0.1, -0.05) is 0 Å². The summed E-state index contributed by atoms with van der Waals surface area (Å²) in [5.74, 6) is 2.35. The van der Waals surface area contributed by atoms with Crippen molar-refractivity contribution >= 4 is 15.0 Å². The van der Waals surface area contributed by atoms with Crippen LogP contribution in [0.2, 0.25) is 11.1 Å². The van der Waals surface area contributed by atoms with E-state index in [0.29, 0.717) is 0 Å². The van der Waals surface area contributed by atoms with Crippen LogP contribution >= 0.6 is 0 Å². The molecule has 0 atom stereocenters. The first kappa shape index (κ1) is 14.5. The fraction of sp³-hybridized carbons (Fsp3) is 1.00. The van der Waals surface area contributed by atoms with Crippen molar-refractivity contribution < 1.29 is 0 Å². The molecule has 0 unspecified atom stereocenters. The summed E-state index contributed by atoms with van der Waals surface area (Å²) in [6, 6.07) is 0. The average Bonchev–Trinajstić information content (AvgIpc) is 2.21. The summed E-state index contributed by atoms with van der Waals surface area (Å²) >= 11 is 0.917. The molecule has 0 aromatic carbocycles. The van der Waals surface area contributed by atoms with E-state index in [1.165, 1.54) is 69.5 Å². The predicted octanol–water partition coefficient (Wildman–Crippen LogP) is 5.08. The molecule has 14 heavy (non-hydrogen) atoms. The Morgan fingerprint density at radius 1 is 0.643 bits per heavy atom. The van der Waals surface area contributed by atoms with E-state index in [0.717, 1.165) is 15.0 Å². The van der Waals surface area contributed by atoms with Crippen LogP contribution in [0.3, 0.4) is 0 Å². The minimum atomic E-state index is 0.917. The fourth-order valence-electron chi connectivity index (χ4n) is 1.73. The molecule has 0 amide bonds. The molecule has 0 aliphatic rings. The molecule has 0 saturated carbocycles. The summed E-state index contributed by atoms with van der Waals surface area (Å²) < 4.78 is 0. The Morgan fingerprint density at radius 2 is 1.07 bits per heavy atom. The van der Waals surface area contributed by atoms with E-state index in [2.05, 4.69) is 12.7 Å². The van der Waals surface area contributed by atoms with Gasteiger partial charge in [-0.15, -0.1) is 0 Å². The third-order valence-electron chi connectivity index (χ3n) is 2.70. The molecule has 0 saturated heterocycles. The number of unbranched alkanes of at least 4 members (excludes halogenated alkanes) is 9. The molecule has 0 N–H and O–H groups in total. The van der Waals surface area contributed by atoms with E-state index in [9.17, 15) is 0 Å². The molecular weight excluding hydrogens is 235 g/mol. The van der Waals surface area contributed by atoms with Crippen LogP contribution in [0.15, 0.2) is 0 Å². The summed E-state index contributed by atoms with van der Waals surface area (Å²) in [6.07, 6.45) is 14.7. The Morgan fingerprint density at radius 3 is 1.50 bits per heavy atom. The van der Waals surface area contributed by atoms with Crippen LogP contribution in [-0.2, 0) is 0 Å². The molecule has 0 aromatic heterocycles. The van der Waals surface area contributed by atoms with Crippen LogP contribution in [0.1, 0.15) is 71.1 Å². The molecule has 0 nitrogen and oxygen atoms in total. The van der Waals surface area contributed by atoms with Gasteiger partial charge in [-0.3, -0.25) is 0 Å². The molecular formula is C13H28Se. The first-order chi connectivity index (χ1) is 6.91. The van der Waals surface area contributed by atoms with Crippen molar-refractivity contribution in [3.05, 3.63) is 0 Å². The Hall–Kier alpha value is 0.519. The van der Waals surface area contributed by atoms with Gasteiger partial charge in [0.1, 0.15) is 0 Å². The van der Waals surface area contributed by atoms with Gasteiger partial charge in [0.25, 0.3) is 0 Å². The second kappa shape index (κ2) is 13.5. The van der Waals surface area contributed by atoms with Crippen LogP contribution in [0.4, 0.5) is 0 Å². The van der Waals surface area contributed by atoms with Gasteiger partial charge < -0.3 is 0 Å². The van der Waals surface area contributed by atoms with Crippen LogP contribution in [-0.4, -0.2) is 15.0 Å². The van der Waals surface area contributed by atoms with Gasteiger partial charge >= 0.3 is 97.2 Å². The van der Waals surface area contributed by atoms with E-state index >= 15 is 0 Å². The third-order valence-corrected chi connectivity index (χ3v) is 4.16. The van der Waals surface area contributed by atoms with Crippen molar-refractivity contribution in [2.45, 2.75) is 82.3 Å². The van der Waals surface area contributed by atoms with E-state index in [-0.39, 0.29) is 0 Å². The number of hydrogen-bond acceptors (Lipinski definition) is 0. The van der Waals surface area contributed by atoms with Gasteiger partial charge in [-0.25, -0.2) is 0 Å². The summed E-state index contributed by atoms with van der Waals surface area (Å²) in [5.41, 5.74) is 0. The Labute approximate surface area is 97.4 Å². The summed E-state index contributed by atoms with van der Waals surface area (Å²) in [5, 5.41) is 1.50. The average molecular weight is 263 g/mol. The zero-order valence-corrected chi connectivity index (χ0v) is 11.9. The SMILES string of the molecule is CCCCCCCCCCCC[Se]C. The third kappa shape index (κ3) is 12.5. The van der Waals surface area contributed by atoms with Gasteiger partial charge in [0.2, 0.25) is 0 Å². The monoisotopic (exact) mass is 264 g/mol. The van der Waals surface area contributed by atoms with Gasteiger partial charge in [-0.2, -0.15) is 0 Å². The van der Waals surface area contributed by atoms with Gasteiger partial charge in [0.05, 0.1) is 0 Å². The van der Waals surface area contributed by atoms with Crippen molar-refractivity contribution in [3.8, 4) is 0 Å². The Kier molecular flexibility index (Phi) is 14.0. The standard InChI is InChI=1S/C13H28Se/c1-3-4-5-6-7-8-9-10-11-12-13-14-2/h3-13H2,1-2H3. The van der Waals surface area contributed by atoms with Crippen molar-refractivity contribution in [3.63, 3.8) is 0 Å². The van der Waals surface area contributed by atoms with Crippen molar-refractivity contribution in [2.24, 2.45) is 0 Å². The molecule has 1 heteroatoms. The van der Waals surface area contributed by atoms with Gasteiger partial charge in [-0.05, 0) is 0 Å². The molecule has 0 fully saturated rings. The topological polar surface area (TPSA) is 0 Å². The second-order valence-corrected chi connectivity index (χ2v) is 6.24. The maximum absolute atomic E-state index is 2.35. The van der Waals surface area contributed by atoms with E-state index in [4.69, 9.17) is 0 Å². The van der Waals surface area contributed by atoms with Gasteiger partial charge in [0.15, 0.2) is 0 Å². The molecule has 0 rings (SSSR count). The van der Waals surface area contributed by atoms with Crippen molar-refractivity contribution in [1.82, 2.24) is 0 Å². The zero-order chi connectivity index (χ0) is 10.5. The van der Waals surface area contributed by atoms with Crippen LogP contribution < -0.4 is 0 Å². The molecule has 0 aliphatic heterocycles. The normalized spacial score (nSPS) is 10.7. The molecule has 0 spiro atoms. The van der Waals surface area contributed by atoms with E-state index in [1.54, 1.807) is 0 Å². The number of hydrogen-bond donors (Lipinski definition) is 0. The molecule has 86 valence electrons. The van der Waals surface area contributed by atoms with E-state index in [1.807, 2.05) is 0 Å². The fourth-order valence-corrected chi connectivity index (χ4v) is 2.77. The minimum absolute atomic E-state index is 0.917. The zero-order valence-electron chi connectivity index (χ0n) is 10.2. The first-order valence-corrected chi connectivity index (χ1v) is 9.33. The van der Waals surface area contributed by atoms with Crippen molar-refractivity contribution in [1.29, 1.82) is 0 Å². The molecule has 0 bridgehead atoms. The summed E-state index contributed by atoms with van der Waals surface area (Å²) in [6.45, 7) is 2.29. The predicted molar refractivity (Wildman–Crippen MR) is 68.3 cm³/mol. The first-order valence-electron chi connectivity index (χ1n) is 6.40. The molecule has 0 aliphatic carbocycles. The van der Waals surface area contributed by atoms with Crippen LogP contribution in [0, 0.1) is 0 Å². The quantitative estimate of drug-likeness (QED) is 0.360. The summed E-state index contributed by atoms with van der Waals surface area (Å²) in [7, 11) is 0. The van der Waals surface area contributed by atoms with Crippen molar-refractivity contribution in [2.75, 3.05) is 0 Å². The summed E-state index contributed by atoms with van der Waals surface area (Å²) in [4.78, 5) is 0. The van der Waals surface area contributed by atoms with Crippen LogP contribution in [0.5, 0.6) is 0 Å². The Balaban J connectivity index is 2.78. The molecule has 0 heterocycles. The van der Waals surface area contributed by atoms with E-state index < -0.39 is 0 Å².